The van der Waals surface area contributed by atoms with Gasteiger partial charge in [-0.15, -0.1) is 11.3 Å². The van der Waals surface area contributed by atoms with Crippen molar-refractivity contribution in [2.24, 2.45) is 0 Å². The molecule has 0 aliphatic carbocycles. The number of hydrogen-bond donors (Lipinski definition) is 1. The van der Waals surface area contributed by atoms with E-state index in [1.54, 1.807) is 52.7 Å². The van der Waals surface area contributed by atoms with E-state index < -0.39 is 10.0 Å². The van der Waals surface area contributed by atoms with E-state index in [2.05, 4.69) is 10.3 Å². The topological polar surface area (TPSA) is 99.7 Å². The van der Waals surface area contributed by atoms with Crippen molar-refractivity contribution in [3.63, 3.8) is 0 Å². The standard InChI is InChI=1S/C24H26N4O4S2/c1-3-27(4-2)34(31,32)20-10-11-21-18(14-20)12-13-28(21)22(29)15-19-16-33-24(25-19)26-23(30)17-8-6-5-7-9-17/h5-11,14,16H,3-4,12-13,15H2,1-2H3,(H,25,26,30). The van der Waals surface area contributed by atoms with Crippen molar-refractivity contribution in [3.8, 4) is 0 Å². The van der Waals surface area contributed by atoms with Gasteiger partial charge in [0.2, 0.25) is 15.9 Å². The number of benzene rings is 2. The van der Waals surface area contributed by atoms with Gasteiger partial charge in [0.1, 0.15) is 0 Å². The number of nitrogens with zero attached hydrogens (tertiary/aromatic N) is 3. The predicted octanol–water partition coefficient (Wildman–Crippen LogP) is 3.56. The van der Waals surface area contributed by atoms with E-state index in [1.807, 2.05) is 19.9 Å². The minimum absolute atomic E-state index is 0.0939. The SMILES string of the molecule is CCN(CC)S(=O)(=O)c1ccc2c(c1)CCN2C(=O)Cc1csc(NC(=O)c2ccccc2)n1. The Morgan fingerprint density at radius 3 is 2.56 bits per heavy atom. The summed E-state index contributed by atoms with van der Waals surface area (Å²) in [6, 6.07) is 13.8. The molecule has 3 aromatic rings. The Morgan fingerprint density at radius 1 is 1.12 bits per heavy atom. The lowest BCUT2D eigenvalue weighted by atomic mass is 10.2. The average molecular weight is 499 g/mol. The second-order valence-electron chi connectivity index (χ2n) is 7.82. The van der Waals surface area contributed by atoms with Crippen molar-refractivity contribution in [2.75, 3.05) is 29.9 Å². The lowest BCUT2D eigenvalue weighted by Crippen LogP contribution is -2.31. The summed E-state index contributed by atoms with van der Waals surface area (Å²) >= 11 is 1.27. The van der Waals surface area contributed by atoms with Gasteiger partial charge in [-0.05, 0) is 42.3 Å². The Kier molecular flexibility index (Phi) is 7.11. The van der Waals surface area contributed by atoms with E-state index in [0.717, 1.165) is 11.3 Å². The molecule has 1 aliphatic heterocycles. The number of rotatable bonds is 8. The lowest BCUT2D eigenvalue weighted by molar-refractivity contribution is -0.117. The van der Waals surface area contributed by atoms with Crippen LogP contribution in [0.15, 0.2) is 58.8 Å². The molecular weight excluding hydrogens is 472 g/mol. The zero-order valence-electron chi connectivity index (χ0n) is 19.0. The van der Waals surface area contributed by atoms with E-state index in [1.165, 1.54) is 15.6 Å². The molecule has 178 valence electrons. The molecule has 1 aromatic heterocycles. The molecule has 8 nitrogen and oxygen atoms in total. The summed E-state index contributed by atoms with van der Waals surface area (Å²) in [5.41, 5.74) is 2.69. The van der Waals surface area contributed by atoms with Crippen LogP contribution in [0.1, 0.15) is 35.5 Å². The molecule has 2 amide bonds. The van der Waals surface area contributed by atoms with Crippen molar-refractivity contribution in [2.45, 2.75) is 31.6 Å². The van der Waals surface area contributed by atoms with Crippen LogP contribution in [0.2, 0.25) is 0 Å². The largest absolute Gasteiger partial charge is 0.311 e. The monoisotopic (exact) mass is 498 g/mol. The van der Waals surface area contributed by atoms with E-state index in [0.29, 0.717) is 42.4 Å². The van der Waals surface area contributed by atoms with Crippen LogP contribution in [0.3, 0.4) is 0 Å². The third kappa shape index (κ3) is 4.89. The summed E-state index contributed by atoms with van der Waals surface area (Å²) in [5, 5.41) is 4.95. The van der Waals surface area contributed by atoms with Gasteiger partial charge in [-0.25, -0.2) is 13.4 Å². The van der Waals surface area contributed by atoms with Gasteiger partial charge in [0.25, 0.3) is 5.91 Å². The molecule has 10 heteroatoms. The Balaban J connectivity index is 1.44. The molecule has 0 radical (unpaired) electrons. The van der Waals surface area contributed by atoms with Gasteiger partial charge in [-0.2, -0.15) is 4.31 Å². The zero-order chi connectivity index (χ0) is 24.3. The third-order valence-corrected chi connectivity index (χ3v) is 8.58. The molecule has 0 bridgehead atoms. The molecule has 2 heterocycles. The van der Waals surface area contributed by atoms with Gasteiger partial charge < -0.3 is 4.90 Å². The minimum atomic E-state index is -3.55. The number of sulfonamides is 1. The number of fused-ring (bicyclic) bond motifs is 1. The number of nitrogens with one attached hydrogen (secondary N) is 1. The van der Waals surface area contributed by atoms with Crippen LogP contribution in [0, 0.1) is 0 Å². The molecule has 0 unspecified atom stereocenters. The van der Waals surface area contributed by atoms with Crippen molar-refractivity contribution < 1.29 is 18.0 Å². The van der Waals surface area contributed by atoms with Gasteiger partial charge in [-0.1, -0.05) is 32.0 Å². The molecule has 2 aromatic carbocycles. The van der Waals surface area contributed by atoms with Gasteiger partial charge in [0, 0.05) is 36.3 Å². The number of carbonyl (C=O) groups excluding carboxylic acids is 2. The van der Waals surface area contributed by atoms with Crippen molar-refractivity contribution in [3.05, 3.63) is 70.7 Å². The first kappa shape index (κ1) is 24.1. The molecular formula is C24H26N4O4S2. The lowest BCUT2D eigenvalue weighted by Gasteiger charge is -2.20. The highest BCUT2D eigenvalue weighted by atomic mass is 32.2. The van der Waals surface area contributed by atoms with Crippen molar-refractivity contribution in [1.29, 1.82) is 0 Å². The fourth-order valence-electron chi connectivity index (χ4n) is 3.97. The maximum Gasteiger partial charge on any atom is 0.257 e. The first-order chi connectivity index (χ1) is 16.3. The minimum Gasteiger partial charge on any atom is -0.311 e. The normalized spacial score (nSPS) is 13.2. The number of carbonyl (C=O) groups is 2. The summed E-state index contributed by atoms with van der Waals surface area (Å²) in [4.78, 5) is 31.6. The third-order valence-electron chi connectivity index (χ3n) is 5.73. The Hall–Kier alpha value is -3.08. The number of hydrogen-bond acceptors (Lipinski definition) is 6. The second-order valence-corrected chi connectivity index (χ2v) is 10.6. The van der Waals surface area contributed by atoms with Crippen LogP contribution in [0.4, 0.5) is 10.8 Å². The second kappa shape index (κ2) is 10.0. The number of amides is 2. The van der Waals surface area contributed by atoms with Crippen LogP contribution in [0.25, 0.3) is 0 Å². The van der Waals surface area contributed by atoms with Crippen molar-refractivity contribution >= 4 is 44.0 Å². The molecule has 0 saturated heterocycles. The first-order valence-corrected chi connectivity index (χ1v) is 13.4. The van der Waals surface area contributed by atoms with Crippen LogP contribution in [-0.2, 0) is 27.7 Å². The van der Waals surface area contributed by atoms with Crippen molar-refractivity contribution in [1.82, 2.24) is 9.29 Å². The maximum atomic E-state index is 13.0. The van der Waals surface area contributed by atoms with E-state index in [4.69, 9.17) is 0 Å². The summed E-state index contributed by atoms with van der Waals surface area (Å²) in [5.74, 6) is -0.374. The maximum absolute atomic E-state index is 13.0. The summed E-state index contributed by atoms with van der Waals surface area (Å²) in [6.07, 6.45) is 0.689. The smallest absolute Gasteiger partial charge is 0.257 e. The number of anilines is 2. The zero-order valence-corrected chi connectivity index (χ0v) is 20.7. The molecule has 0 saturated carbocycles. The fourth-order valence-corrected chi connectivity index (χ4v) is 6.18. The molecule has 34 heavy (non-hydrogen) atoms. The number of aromatic nitrogens is 1. The van der Waals surface area contributed by atoms with Gasteiger partial charge in [-0.3, -0.25) is 14.9 Å². The van der Waals surface area contributed by atoms with Crippen LogP contribution in [-0.4, -0.2) is 49.2 Å². The molecule has 0 atom stereocenters. The highest BCUT2D eigenvalue weighted by molar-refractivity contribution is 7.89. The molecule has 1 N–H and O–H groups in total. The summed E-state index contributed by atoms with van der Waals surface area (Å²) in [6.45, 7) is 4.92. The molecule has 0 fully saturated rings. The fraction of sp³-hybridized carbons (Fsp3) is 0.292. The quantitative estimate of drug-likeness (QED) is 0.512. The first-order valence-electron chi connectivity index (χ1n) is 11.1. The summed E-state index contributed by atoms with van der Waals surface area (Å²) < 4.78 is 27.1. The van der Waals surface area contributed by atoms with Gasteiger partial charge in [0.05, 0.1) is 17.0 Å². The highest BCUT2D eigenvalue weighted by Gasteiger charge is 2.28. The van der Waals surface area contributed by atoms with Crippen LogP contribution >= 0.6 is 11.3 Å². The average Bonchev–Trinajstić information content (AvgIpc) is 3.46. The Labute approximate surface area is 203 Å². The van der Waals surface area contributed by atoms with Gasteiger partial charge >= 0.3 is 0 Å². The van der Waals surface area contributed by atoms with E-state index in [-0.39, 0.29) is 23.1 Å². The van der Waals surface area contributed by atoms with E-state index in [9.17, 15) is 18.0 Å². The van der Waals surface area contributed by atoms with Gasteiger partial charge in [0.15, 0.2) is 5.13 Å². The Morgan fingerprint density at radius 2 is 1.85 bits per heavy atom. The molecule has 4 rings (SSSR count). The highest BCUT2D eigenvalue weighted by Crippen LogP contribution is 2.32. The number of thiazole rings is 1. The van der Waals surface area contributed by atoms with Crippen LogP contribution < -0.4 is 10.2 Å². The van der Waals surface area contributed by atoms with E-state index >= 15 is 0 Å². The van der Waals surface area contributed by atoms with Crippen LogP contribution in [0.5, 0.6) is 0 Å². The molecule has 0 spiro atoms. The predicted molar refractivity (Wildman–Crippen MR) is 133 cm³/mol. The summed E-state index contributed by atoms with van der Waals surface area (Å²) in [7, 11) is -3.55. The Bertz CT molecular complexity index is 1300. The molecule has 1 aliphatic rings.